The molecule has 0 N–H and O–H groups in total. The summed E-state index contributed by atoms with van der Waals surface area (Å²) in [6.45, 7) is 0.395. The predicted molar refractivity (Wildman–Crippen MR) is 114 cm³/mol. The van der Waals surface area contributed by atoms with E-state index in [0.29, 0.717) is 13.0 Å². The Labute approximate surface area is 167 Å². The number of rotatable bonds is 6. The van der Waals surface area contributed by atoms with Crippen molar-refractivity contribution in [3.8, 4) is 0 Å². The van der Waals surface area contributed by atoms with Gasteiger partial charge in [0, 0.05) is 38.4 Å². The second-order valence-electron chi connectivity index (χ2n) is 7.33. The lowest BCUT2D eigenvalue weighted by molar-refractivity contribution is -0.128. The summed E-state index contributed by atoms with van der Waals surface area (Å²) < 4.78 is 23.9. The number of sulfone groups is 1. The number of carbonyl (C=O) groups is 1. The maximum absolute atomic E-state index is 12.9. The van der Waals surface area contributed by atoms with Gasteiger partial charge < -0.3 is 9.80 Å². The Bertz CT molecular complexity index is 936. The molecule has 2 aromatic carbocycles. The summed E-state index contributed by atoms with van der Waals surface area (Å²) in [7, 11) is 0.874. The SMILES string of the molecule is CN(C)c1ccc(CN(C(=O)/C=C/c2ccccc2)[C@H]2CCS(=O)(=O)C2)cc1. The molecule has 28 heavy (non-hydrogen) atoms. The maximum atomic E-state index is 12.9. The van der Waals surface area contributed by atoms with Crippen molar-refractivity contribution in [1.29, 1.82) is 0 Å². The Morgan fingerprint density at radius 2 is 1.75 bits per heavy atom. The average Bonchev–Trinajstić information content (AvgIpc) is 3.05. The number of hydrogen-bond acceptors (Lipinski definition) is 4. The zero-order valence-electron chi connectivity index (χ0n) is 16.3. The van der Waals surface area contributed by atoms with Gasteiger partial charge in [0.25, 0.3) is 0 Å². The minimum absolute atomic E-state index is 0.0354. The third-order valence-electron chi connectivity index (χ3n) is 4.96. The lowest BCUT2D eigenvalue weighted by Gasteiger charge is -2.27. The van der Waals surface area contributed by atoms with E-state index in [1.165, 1.54) is 6.08 Å². The van der Waals surface area contributed by atoms with E-state index < -0.39 is 9.84 Å². The third kappa shape index (κ3) is 5.23. The smallest absolute Gasteiger partial charge is 0.247 e. The topological polar surface area (TPSA) is 57.7 Å². The fourth-order valence-electron chi connectivity index (χ4n) is 3.33. The molecule has 1 aliphatic rings. The summed E-state index contributed by atoms with van der Waals surface area (Å²) in [5.74, 6) is 0.0135. The summed E-state index contributed by atoms with van der Waals surface area (Å²) in [4.78, 5) is 16.6. The van der Waals surface area contributed by atoms with Gasteiger partial charge in [-0.05, 0) is 35.8 Å². The van der Waals surface area contributed by atoms with Crippen molar-refractivity contribution in [2.75, 3.05) is 30.5 Å². The zero-order valence-corrected chi connectivity index (χ0v) is 17.1. The fraction of sp³-hybridized carbons (Fsp3) is 0.318. The summed E-state index contributed by atoms with van der Waals surface area (Å²) in [5, 5.41) is 0. The standard InChI is InChI=1S/C22H26N2O3S/c1-23(2)20-11-8-19(9-12-20)16-24(21-14-15-28(26,27)17-21)22(25)13-10-18-6-4-3-5-7-18/h3-13,21H,14-17H2,1-2H3/b13-10+/t21-/m0/s1. The van der Waals surface area contributed by atoms with E-state index in [1.807, 2.05) is 73.6 Å². The van der Waals surface area contributed by atoms with Crippen LogP contribution in [0.25, 0.3) is 6.08 Å². The predicted octanol–water partition coefficient (Wildman–Crippen LogP) is 2.98. The molecule has 0 radical (unpaired) electrons. The van der Waals surface area contributed by atoms with Crippen molar-refractivity contribution in [2.24, 2.45) is 0 Å². The monoisotopic (exact) mass is 398 g/mol. The van der Waals surface area contributed by atoms with Gasteiger partial charge in [0.1, 0.15) is 0 Å². The molecule has 1 saturated heterocycles. The molecular formula is C22H26N2O3S. The number of benzene rings is 2. The number of amides is 1. The number of carbonyl (C=O) groups excluding carboxylic acids is 1. The molecule has 1 aliphatic heterocycles. The van der Waals surface area contributed by atoms with Crippen molar-refractivity contribution in [1.82, 2.24) is 4.90 Å². The minimum Gasteiger partial charge on any atom is -0.378 e. The number of anilines is 1. The highest BCUT2D eigenvalue weighted by Gasteiger charge is 2.34. The van der Waals surface area contributed by atoms with E-state index in [4.69, 9.17) is 0 Å². The number of nitrogens with zero attached hydrogens (tertiary/aromatic N) is 2. The van der Waals surface area contributed by atoms with Crippen LogP contribution in [0, 0.1) is 0 Å². The summed E-state index contributed by atoms with van der Waals surface area (Å²) in [6.07, 6.45) is 3.80. The van der Waals surface area contributed by atoms with Crippen LogP contribution in [0.2, 0.25) is 0 Å². The molecule has 148 valence electrons. The van der Waals surface area contributed by atoms with Crippen LogP contribution in [-0.2, 0) is 21.2 Å². The van der Waals surface area contributed by atoms with Gasteiger partial charge in [-0.25, -0.2) is 8.42 Å². The molecule has 2 aromatic rings. The molecule has 5 nitrogen and oxygen atoms in total. The van der Waals surface area contributed by atoms with Gasteiger partial charge in [0.2, 0.25) is 5.91 Å². The quantitative estimate of drug-likeness (QED) is 0.702. The third-order valence-corrected chi connectivity index (χ3v) is 6.71. The van der Waals surface area contributed by atoms with Crippen LogP contribution >= 0.6 is 0 Å². The number of hydrogen-bond donors (Lipinski definition) is 0. The van der Waals surface area contributed by atoms with Crippen LogP contribution in [0.5, 0.6) is 0 Å². The molecule has 1 amide bonds. The minimum atomic E-state index is -3.08. The second-order valence-corrected chi connectivity index (χ2v) is 9.56. The normalized spacial score (nSPS) is 18.3. The molecular weight excluding hydrogens is 372 g/mol. The van der Waals surface area contributed by atoms with Crippen LogP contribution in [0.15, 0.2) is 60.7 Å². The molecule has 0 aromatic heterocycles. The Balaban J connectivity index is 1.80. The van der Waals surface area contributed by atoms with Gasteiger partial charge >= 0.3 is 0 Å². The van der Waals surface area contributed by atoms with Crippen LogP contribution in [0.3, 0.4) is 0 Å². The molecule has 3 rings (SSSR count). The van der Waals surface area contributed by atoms with E-state index in [1.54, 1.807) is 11.0 Å². The van der Waals surface area contributed by atoms with Crippen molar-refractivity contribution >= 4 is 27.5 Å². The van der Waals surface area contributed by atoms with E-state index in [0.717, 1.165) is 16.8 Å². The lowest BCUT2D eigenvalue weighted by Crippen LogP contribution is -2.39. The van der Waals surface area contributed by atoms with Crippen LogP contribution in [-0.4, -0.2) is 50.9 Å². The largest absolute Gasteiger partial charge is 0.378 e. The molecule has 6 heteroatoms. The molecule has 1 heterocycles. The highest BCUT2D eigenvalue weighted by molar-refractivity contribution is 7.91. The lowest BCUT2D eigenvalue weighted by atomic mass is 10.1. The van der Waals surface area contributed by atoms with Gasteiger partial charge in [-0.3, -0.25) is 4.79 Å². The first-order valence-corrected chi connectivity index (χ1v) is 11.2. The van der Waals surface area contributed by atoms with Gasteiger partial charge in [-0.2, -0.15) is 0 Å². The molecule has 1 atom stereocenters. The van der Waals surface area contributed by atoms with Crippen molar-refractivity contribution in [2.45, 2.75) is 19.0 Å². The highest BCUT2D eigenvalue weighted by atomic mass is 32.2. The van der Waals surface area contributed by atoms with E-state index in [2.05, 4.69) is 0 Å². The molecule has 0 bridgehead atoms. The summed E-state index contributed by atoms with van der Waals surface area (Å²) in [6, 6.07) is 17.3. The van der Waals surface area contributed by atoms with Gasteiger partial charge in [-0.1, -0.05) is 42.5 Å². The van der Waals surface area contributed by atoms with Crippen molar-refractivity contribution < 1.29 is 13.2 Å². The first-order valence-electron chi connectivity index (χ1n) is 9.34. The van der Waals surface area contributed by atoms with E-state index in [9.17, 15) is 13.2 Å². The van der Waals surface area contributed by atoms with Crippen molar-refractivity contribution in [3.05, 3.63) is 71.8 Å². The Morgan fingerprint density at radius 3 is 2.32 bits per heavy atom. The Hall–Kier alpha value is -2.60. The van der Waals surface area contributed by atoms with Crippen molar-refractivity contribution in [3.63, 3.8) is 0 Å². The van der Waals surface area contributed by atoms with Crippen LogP contribution in [0.4, 0.5) is 5.69 Å². The van der Waals surface area contributed by atoms with Gasteiger partial charge in [-0.15, -0.1) is 0 Å². The van der Waals surface area contributed by atoms with E-state index in [-0.39, 0.29) is 23.5 Å². The first kappa shape index (κ1) is 20.1. The Kier molecular flexibility index (Phi) is 6.19. The highest BCUT2D eigenvalue weighted by Crippen LogP contribution is 2.22. The van der Waals surface area contributed by atoms with E-state index >= 15 is 0 Å². The van der Waals surface area contributed by atoms with Gasteiger partial charge in [0.15, 0.2) is 9.84 Å². The molecule has 0 spiro atoms. The maximum Gasteiger partial charge on any atom is 0.247 e. The molecule has 0 saturated carbocycles. The summed E-state index contributed by atoms with van der Waals surface area (Å²) in [5.41, 5.74) is 3.00. The molecule has 0 unspecified atom stereocenters. The van der Waals surface area contributed by atoms with Crippen LogP contribution < -0.4 is 4.90 Å². The first-order chi connectivity index (χ1) is 13.3. The molecule has 1 fully saturated rings. The average molecular weight is 399 g/mol. The van der Waals surface area contributed by atoms with Gasteiger partial charge in [0.05, 0.1) is 11.5 Å². The second kappa shape index (κ2) is 8.61. The fourth-order valence-corrected chi connectivity index (χ4v) is 5.06. The summed E-state index contributed by atoms with van der Waals surface area (Å²) >= 11 is 0. The van der Waals surface area contributed by atoms with Crippen LogP contribution in [0.1, 0.15) is 17.5 Å². The molecule has 0 aliphatic carbocycles. The Morgan fingerprint density at radius 1 is 1.07 bits per heavy atom. The zero-order chi connectivity index (χ0) is 20.1.